The molecule has 11 heteroatoms. The van der Waals surface area contributed by atoms with Crippen molar-refractivity contribution in [2.24, 2.45) is 0 Å². The maximum Gasteiger partial charge on any atom is 0.332 e. The van der Waals surface area contributed by atoms with Crippen LogP contribution in [0.2, 0.25) is 0 Å². The largest absolute Gasteiger partial charge is 0.459 e. The standard InChI is InChI=1S/C27H25N3O7S/c31-23(28-14-19-8-9-21-22(13-19)37-17-36-21)7-4-11-29-26(33)25-20(10-12-38-25)30(27(29)34)15-24(32)35-16-18-5-2-1-3-6-18/h1-3,5-6,8-10,12-13H,4,7,11,14-17H2,(H,28,31). The number of fused-ring (bicyclic) bond motifs is 2. The smallest absolute Gasteiger partial charge is 0.332 e. The lowest BCUT2D eigenvalue weighted by atomic mass is 10.2. The minimum absolute atomic E-state index is 0.0437. The van der Waals surface area contributed by atoms with Gasteiger partial charge in [-0.2, -0.15) is 0 Å². The molecule has 0 saturated carbocycles. The van der Waals surface area contributed by atoms with Crippen LogP contribution in [0.4, 0.5) is 0 Å². The highest BCUT2D eigenvalue weighted by molar-refractivity contribution is 7.17. The molecule has 5 rings (SSSR count). The molecule has 1 N–H and O–H groups in total. The zero-order chi connectivity index (χ0) is 26.5. The summed E-state index contributed by atoms with van der Waals surface area (Å²) in [7, 11) is 0. The van der Waals surface area contributed by atoms with E-state index in [1.54, 1.807) is 17.5 Å². The summed E-state index contributed by atoms with van der Waals surface area (Å²) in [5.41, 5.74) is 1.03. The van der Waals surface area contributed by atoms with Gasteiger partial charge in [0, 0.05) is 19.5 Å². The van der Waals surface area contributed by atoms with Crippen LogP contribution < -0.4 is 26.0 Å². The molecule has 1 amide bonds. The van der Waals surface area contributed by atoms with Gasteiger partial charge in [0.05, 0.1) is 5.52 Å². The number of carbonyl (C=O) groups excluding carboxylic acids is 2. The van der Waals surface area contributed by atoms with Crippen molar-refractivity contribution in [3.63, 3.8) is 0 Å². The number of hydrogen-bond acceptors (Lipinski definition) is 8. The predicted molar refractivity (Wildman–Crippen MR) is 140 cm³/mol. The highest BCUT2D eigenvalue weighted by Gasteiger charge is 2.18. The molecule has 1 aliphatic rings. The van der Waals surface area contributed by atoms with Crippen molar-refractivity contribution in [1.82, 2.24) is 14.5 Å². The molecule has 0 unspecified atom stereocenters. The monoisotopic (exact) mass is 535 g/mol. The van der Waals surface area contributed by atoms with E-state index >= 15 is 0 Å². The van der Waals surface area contributed by atoms with E-state index < -0.39 is 17.2 Å². The number of aromatic nitrogens is 2. The summed E-state index contributed by atoms with van der Waals surface area (Å²) in [6, 6.07) is 16.3. The van der Waals surface area contributed by atoms with E-state index in [0.717, 1.165) is 15.7 Å². The second kappa shape index (κ2) is 11.3. The van der Waals surface area contributed by atoms with E-state index in [0.29, 0.717) is 28.3 Å². The Morgan fingerprint density at radius 3 is 2.63 bits per heavy atom. The van der Waals surface area contributed by atoms with E-state index in [4.69, 9.17) is 14.2 Å². The van der Waals surface area contributed by atoms with Crippen molar-refractivity contribution in [1.29, 1.82) is 0 Å². The summed E-state index contributed by atoms with van der Waals surface area (Å²) in [6.45, 7) is 0.298. The lowest BCUT2D eigenvalue weighted by Gasteiger charge is -2.12. The zero-order valence-corrected chi connectivity index (χ0v) is 21.2. The molecule has 196 valence electrons. The molecule has 0 bridgehead atoms. The van der Waals surface area contributed by atoms with Gasteiger partial charge in [-0.3, -0.25) is 23.5 Å². The lowest BCUT2D eigenvalue weighted by molar-refractivity contribution is -0.145. The van der Waals surface area contributed by atoms with Crippen LogP contribution in [0.25, 0.3) is 10.2 Å². The van der Waals surface area contributed by atoms with Crippen LogP contribution in [0.1, 0.15) is 24.0 Å². The summed E-state index contributed by atoms with van der Waals surface area (Å²) in [5.74, 6) is 0.512. The number of thiophene rings is 1. The van der Waals surface area contributed by atoms with Gasteiger partial charge < -0.3 is 19.5 Å². The van der Waals surface area contributed by atoms with Crippen molar-refractivity contribution in [2.75, 3.05) is 6.79 Å². The normalized spacial score (nSPS) is 12.0. The van der Waals surface area contributed by atoms with Crippen LogP contribution in [0.3, 0.4) is 0 Å². The number of benzene rings is 2. The molecule has 4 aromatic rings. The summed E-state index contributed by atoms with van der Waals surface area (Å²) in [5, 5.41) is 4.53. The fraction of sp³-hybridized carbons (Fsp3) is 0.259. The van der Waals surface area contributed by atoms with Crippen molar-refractivity contribution >= 4 is 33.4 Å². The number of nitrogens with one attached hydrogen (secondary N) is 1. The Hall–Kier alpha value is -4.38. The molecule has 0 fully saturated rings. The van der Waals surface area contributed by atoms with E-state index in [-0.39, 0.29) is 45.2 Å². The van der Waals surface area contributed by atoms with Gasteiger partial charge in [0.15, 0.2) is 11.5 Å². The molecule has 10 nitrogen and oxygen atoms in total. The predicted octanol–water partition coefficient (Wildman–Crippen LogP) is 2.79. The summed E-state index contributed by atoms with van der Waals surface area (Å²) in [4.78, 5) is 51.1. The highest BCUT2D eigenvalue weighted by Crippen LogP contribution is 2.32. The van der Waals surface area contributed by atoms with Gasteiger partial charge in [-0.1, -0.05) is 36.4 Å². The number of carbonyl (C=O) groups is 2. The van der Waals surface area contributed by atoms with Crippen LogP contribution in [-0.4, -0.2) is 27.8 Å². The van der Waals surface area contributed by atoms with Crippen LogP contribution in [0, 0.1) is 0 Å². The Labute approximate surface area is 221 Å². The maximum absolute atomic E-state index is 13.2. The molecule has 0 saturated heterocycles. The van der Waals surface area contributed by atoms with E-state index in [1.807, 2.05) is 42.5 Å². The molecule has 0 radical (unpaired) electrons. The van der Waals surface area contributed by atoms with Gasteiger partial charge in [-0.15, -0.1) is 11.3 Å². The van der Waals surface area contributed by atoms with Crippen molar-refractivity contribution in [3.8, 4) is 11.5 Å². The first-order chi connectivity index (χ1) is 18.5. The third kappa shape index (κ3) is 5.62. The Balaban J connectivity index is 1.21. The molecule has 0 spiro atoms. The van der Waals surface area contributed by atoms with E-state index in [1.165, 1.54) is 15.9 Å². The molecule has 2 aromatic carbocycles. The van der Waals surface area contributed by atoms with Gasteiger partial charge >= 0.3 is 11.7 Å². The topological polar surface area (TPSA) is 118 Å². The first-order valence-corrected chi connectivity index (χ1v) is 12.9. The second-order valence-electron chi connectivity index (χ2n) is 8.67. The van der Waals surface area contributed by atoms with Crippen molar-refractivity contribution in [3.05, 3.63) is 91.9 Å². The summed E-state index contributed by atoms with van der Waals surface area (Å²) >= 11 is 1.20. The van der Waals surface area contributed by atoms with E-state index in [9.17, 15) is 19.2 Å². The first kappa shape index (κ1) is 25.3. The number of amides is 1. The molecular weight excluding hydrogens is 510 g/mol. The number of ether oxygens (including phenoxy) is 3. The highest BCUT2D eigenvalue weighted by atomic mass is 32.1. The van der Waals surface area contributed by atoms with Gasteiger partial charge in [0.1, 0.15) is 17.9 Å². The fourth-order valence-electron chi connectivity index (χ4n) is 4.13. The average molecular weight is 536 g/mol. The Kier molecular flexibility index (Phi) is 7.55. The van der Waals surface area contributed by atoms with Gasteiger partial charge in [0.25, 0.3) is 5.56 Å². The van der Waals surface area contributed by atoms with Gasteiger partial charge in [-0.25, -0.2) is 4.79 Å². The number of esters is 1. The maximum atomic E-state index is 13.2. The number of hydrogen-bond donors (Lipinski definition) is 1. The average Bonchev–Trinajstić information content (AvgIpc) is 3.61. The van der Waals surface area contributed by atoms with Crippen LogP contribution >= 0.6 is 11.3 Å². The Morgan fingerprint density at radius 1 is 0.974 bits per heavy atom. The van der Waals surface area contributed by atoms with Crippen molar-refractivity contribution < 1.29 is 23.8 Å². The van der Waals surface area contributed by atoms with Gasteiger partial charge in [-0.05, 0) is 41.1 Å². The molecule has 1 aliphatic heterocycles. The van der Waals surface area contributed by atoms with Crippen LogP contribution in [0.15, 0.2) is 69.6 Å². The number of nitrogens with zero attached hydrogens (tertiary/aromatic N) is 2. The minimum Gasteiger partial charge on any atom is -0.459 e. The van der Waals surface area contributed by atoms with E-state index in [2.05, 4.69) is 5.32 Å². The quantitative estimate of drug-likeness (QED) is 0.310. The SMILES string of the molecule is O=C(CCCn1c(=O)c2sccc2n(CC(=O)OCc2ccccc2)c1=O)NCc1ccc2c(c1)OCO2. The second-order valence-corrected chi connectivity index (χ2v) is 9.59. The third-order valence-corrected chi connectivity index (χ3v) is 6.97. The molecule has 38 heavy (non-hydrogen) atoms. The molecule has 0 aliphatic carbocycles. The molecule has 0 atom stereocenters. The lowest BCUT2D eigenvalue weighted by Crippen LogP contribution is -2.41. The third-order valence-electron chi connectivity index (χ3n) is 6.08. The molecule has 3 heterocycles. The Bertz CT molecular complexity index is 1590. The van der Waals surface area contributed by atoms with Gasteiger partial charge in [0.2, 0.25) is 12.7 Å². The fourth-order valence-corrected chi connectivity index (χ4v) is 4.98. The first-order valence-electron chi connectivity index (χ1n) is 12.1. The Morgan fingerprint density at radius 2 is 1.79 bits per heavy atom. The summed E-state index contributed by atoms with van der Waals surface area (Å²) < 4.78 is 18.7. The van der Waals surface area contributed by atoms with Crippen LogP contribution in [-0.2, 0) is 40.6 Å². The molecule has 2 aromatic heterocycles. The van der Waals surface area contributed by atoms with Crippen LogP contribution in [0.5, 0.6) is 11.5 Å². The van der Waals surface area contributed by atoms with Crippen molar-refractivity contribution in [2.45, 2.75) is 39.1 Å². The zero-order valence-electron chi connectivity index (χ0n) is 20.4. The summed E-state index contributed by atoms with van der Waals surface area (Å²) in [6.07, 6.45) is 0.398. The minimum atomic E-state index is -0.613. The molecular formula is C27H25N3O7S. The number of rotatable bonds is 10.